The van der Waals surface area contributed by atoms with Crippen LogP contribution in [0.15, 0.2) is 53.5 Å². The lowest BCUT2D eigenvalue weighted by Gasteiger charge is -2.26. The average molecular weight is 710 g/mol. The SMILES string of the molecule is Cn1cc(-c2cc(N)ccc2Oc2ccc(F)cc2F)c2c(cc(CN3CCCN(C(=O)OC(C)(C)C)CC3)n2COCC[Si](C)(C)C)c1=O. The minimum Gasteiger partial charge on any atom is -0.454 e. The third kappa shape index (κ3) is 9.12. The van der Waals surface area contributed by atoms with Gasteiger partial charge in [0.15, 0.2) is 11.6 Å². The zero-order valence-corrected chi connectivity index (χ0v) is 31.1. The Balaban J connectivity index is 1.57. The van der Waals surface area contributed by atoms with Crippen LogP contribution in [0.3, 0.4) is 0 Å². The first-order valence-corrected chi connectivity index (χ1v) is 20.7. The quantitative estimate of drug-likeness (QED) is 0.104. The van der Waals surface area contributed by atoms with E-state index in [-0.39, 0.29) is 29.9 Å². The third-order valence-corrected chi connectivity index (χ3v) is 10.3. The number of amides is 1. The molecular formula is C37H49F2N5O5Si. The highest BCUT2D eigenvalue weighted by atomic mass is 28.3. The second-order valence-electron chi connectivity index (χ2n) is 15.2. The largest absolute Gasteiger partial charge is 0.454 e. The van der Waals surface area contributed by atoms with Crippen LogP contribution in [0.2, 0.25) is 25.7 Å². The highest BCUT2D eigenvalue weighted by Gasteiger charge is 2.27. The highest BCUT2D eigenvalue weighted by molar-refractivity contribution is 6.76. The second-order valence-corrected chi connectivity index (χ2v) is 20.8. The molecule has 0 atom stereocenters. The van der Waals surface area contributed by atoms with Gasteiger partial charge in [-0.25, -0.2) is 13.6 Å². The first-order valence-electron chi connectivity index (χ1n) is 17.0. The smallest absolute Gasteiger partial charge is 0.410 e. The summed E-state index contributed by atoms with van der Waals surface area (Å²) in [6, 6.07) is 11.0. The molecule has 4 aromatic rings. The van der Waals surface area contributed by atoms with E-state index >= 15 is 0 Å². The van der Waals surface area contributed by atoms with Crippen LogP contribution >= 0.6 is 0 Å². The fourth-order valence-electron chi connectivity index (χ4n) is 5.96. The summed E-state index contributed by atoms with van der Waals surface area (Å²) in [6.07, 6.45) is 2.17. The molecule has 2 N–H and O–H groups in total. The molecule has 2 aromatic heterocycles. The summed E-state index contributed by atoms with van der Waals surface area (Å²) in [5.41, 5.74) is 8.65. The Morgan fingerprint density at radius 2 is 1.70 bits per heavy atom. The molecule has 0 unspecified atom stereocenters. The van der Waals surface area contributed by atoms with Gasteiger partial charge >= 0.3 is 6.09 Å². The summed E-state index contributed by atoms with van der Waals surface area (Å²) in [7, 11) is 0.300. The molecule has 13 heteroatoms. The standard InChI is InChI=1S/C37H49F2N5O5Si/c1-37(2,3)49-36(46)43-14-8-13-42(15-16-43)22-27-21-29-34(44(27)24-47-17-18-50(5,6)7)30(23-41(4)35(29)45)28-20-26(40)10-12-32(28)48-33-11-9-25(38)19-31(33)39/h9-12,19-21,23H,8,13-18,22,24,40H2,1-7H3. The topological polar surface area (TPSA) is 104 Å². The monoisotopic (exact) mass is 709 g/mol. The summed E-state index contributed by atoms with van der Waals surface area (Å²) in [6.45, 7) is 16.2. The molecule has 270 valence electrons. The van der Waals surface area contributed by atoms with E-state index in [2.05, 4.69) is 24.5 Å². The lowest BCUT2D eigenvalue weighted by molar-refractivity contribution is 0.0257. The number of rotatable bonds is 10. The molecule has 50 heavy (non-hydrogen) atoms. The molecule has 1 fully saturated rings. The lowest BCUT2D eigenvalue weighted by Crippen LogP contribution is -2.39. The van der Waals surface area contributed by atoms with Crippen molar-refractivity contribution in [3.63, 3.8) is 0 Å². The van der Waals surface area contributed by atoms with Gasteiger partial charge in [0.05, 0.1) is 10.9 Å². The number of fused-ring (bicyclic) bond motifs is 1. The molecule has 10 nitrogen and oxygen atoms in total. The molecule has 0 bridgehead atoms. The summed E-state index contributed by atoms with van der Waals surface area (Å²) in [4.78, 5) is 30.6. The van der Waals surface area contributed by atoms with Crippen molar-refractivity contribution in [2.45, 2.75) is 71.8 Å². The van der Waals surface area contributed by atoms with Crippen LogP contribution in [0.25, 0.3) is 22.0 Å². The predicted molar refractivity (Wildman–Crippen MR) is 195 cm³/mol. The van der Waals surface area contributed by atoms with Gasteiger partial charge < -0.3 is 34.0 Å². The van der Waals surface area contributed by atoms with Crippen LogP contribution in [0.5, 0.6) is 11.5 Å². The van der Waals surface area contributed by atoms with Crippen molar-refractivity contribution in [3.8, 4) is 22.6 Å². The maximum Gasteiger partial charge on any atom is 0.410 e. The molecule has 1 aliphatic heterocycles. The van der Waals surface area contributed by atoms with E-state index in [1.54, 1.807) is 36.3 Å². The molecule has 0 aliphatic carbocycles. The molecule has 2 aromatic carbocycles. The number of ether oxygens (including phenoxy) is 3. The number of benzene rings is 2. The number of aryl methyl sites for hydroxylation is 1. The van der Waals surface area contributed by atoms with Crippen molar-refractivity contribution >= 4 is 30.8 Å². The minimum absolute atomic E-state index is 0.147. The summed E-state index contributed by atoms with van der Waals surface area (Å²) >= 11 is 0. The number of anilines is 1. The Morgan fingerprint density at radius 1 is 0.960 bits per heavy atom. The maximum absolute atomic E-state index is 14.7. The molecule has 1 saturated heterocycles. The van der Waals surface area contributed by atoms with E-state index in [1.807, 2.05) is 31.4 Å². The molecule has 0 spiro atoms. The van der Waals surface area contributed by atoms with Crippen molar-refractivity contribution in [2.75, 3.05) is 38.5 Å². The van der Waals surface area contributed by atoms with Gasteiger partial charge in [-0.1, -0.05) is 19.6 Å². The van der Waals surface area contributed by atoms with E-state index in [4.69, 9.17) is 19.9 Å². The number of aromatic nitrogens is 2. The van der Waals surface area contributed by atoms with Crippen molar-refractivity contribution < 1.29 is 27.8 Å². The summed E-state index contributed by atoms with van der Waals surface area (Å²) in [5, 5.41) is 0.486. The van der Waals surface area contributed by atoms with E-state index in [1.165, 1.54) is 10.6 Å². The Labute approximate surface area is 293 Å². The van der Waals surface area contributed by atoms with Crippen LogP contribution in [0, 0.1) is 11.6 Å². The zero-order valence-electron chi connectivity index (χ0n) is 30.1. The number of nitrogen functional groups attached to an aromatic ring is 1. The van der Waals surface area contributed by atoms with Crippen molar-refractivity contribution in [2.24, 2.45) is 7.05 Å². The lowest BCUT2D eigenvalue weighted by atomic mass is 10.0. The normalized spacial score (nSPS) is 14.6. The van der Waals surface area contributed by atoms with Crippen LogP contribution in [-0.4, -0.2) is 71.5 Å². The predicted octanol–water partition coefficient (Wildman–Crippen LogP) is 7.41. The Bertz CT molecular complexity index is 1910. The third-order valence-electron chi connectivity index (χ3n) is 8.56. The van der Waals surface area contributed by atoms with Crippen molar-refractivity contribution in [1.29, 1.82) is 0 Å². The Kier molecular flexibility index (Phi) is 11.1. The van der Waals surface area contributed by atoms with Crippen molar-refractivity contribution in [1.82, 2.24) is 18.9 Å². The van der Waals surface area contributed by atoms with Gasteiger partial charge in [-0.2, -0.15) is 0 Å². The van der Waals surface area contributed by atoms with Gasteiger partial charge in [0.1, 0.15) is 23.9 Å². The molecule has 0 radical (unpaired) electrons. The van der Waals surface area contributed by atoms with Crippen LogP contribution in [0.1, 0.15) is 32.9 Å². The van der Waals surface area contributed by atoms with Gasteiger partial charge in [0.2, 0.25) is 0 Å². The number of hydrogen-bond donors (Lipinski definition) is 1. The van der Waals surface area contributed by atoms with Crippen LogP contribution < -0.4 is 16.0 Å². The number of hydrogen-bond acceptors (Lipinski definition) is 7. The Morgan fingerprint density at radius 3 is 2.40 bits per heavy atom. The molecule has 1 amide bonds. The van der Waals surface area contributed by atoms with E-state index in [0.717, 1.165) is 36.8 Å². The van der Waals surface area contributed by atoms with Gasteiger partial charge in [-0.3, -0.25) is 9.69 Å². The Hall–Kier alpha value is -4.20. The minimum atomic E-state index is -1.38. The van der Waals surface area contributed by atoms with Crippen LogP contribution in [0.4, 0.5) is 19.3 Å². The van der Waals surface area contributed by atoms with Gasteiger partial charge in [0, 0.05) is 89.2 Å². The number of nitrogens with zero attached hydrogens (tertiary/aromatic N) is 4. The van der Waals surface area contributed by atoms with Gasteiger partial charge in [0.25, 0.3) is 5.56 Å². The molecule has 5 rings (SSSR count). The zero-order chi connectivity index (χ0) is 36.4. The van der Waals surface area contributed by atoms with Crippen molar-refractivity contribution in [3.05, 3.63) is 76.3 Å². The van der Waals surface area contributed by atoms with Gasteiger partial charge in [-0.15, -0.1) is 0 Å². The van der Waals surface area contributed by atoms with E-state index in [9.17, 15) is 18.4 Å². The first kappa shape index (κ1) is 37.1. The first-order chi connectivity index (χ1) is 23.5. The number of pyridine rings is 1. The second kappa shape index (κ2) is 15.0. The molecule has 0 saturated carbocycles. The number of carbonyl (C=O) groups is 1. The number of halogens is 2. The average Bonchev–Trinajstić information content (AvgIpc) is 3.19. The fourth-order valence-corrected chi connectivity index (χ4v) is 6.72. The fraction of sp³-hybridized carbons (Fsp3) is 0.459. The highest BCUT2D eigenvalue weighted by Crippen LogP contribution is 2.39. The molecular weight excluding hydrogens is 661 g/mol. The molecule has 3 heterocycles. The maximum atomic E-state index is 14.7. The van der Waals surface area contributed by atoms with E-state index in [0.29, 0.717) is 60.5 Å². The number of nitrogens with two attached hydrogens (primary N) is 1. The summed E-state index contributed by atoms with van der Waals surface area (Å²) < 4.78 is 50.0. The molecule has 1 aliphatic rings. The van der Waals surface area contributed by atoms with Crippen LogP contribution in [-0.2, 0) is 29.8 Å². The number of carbonyl (C=O) groups excluding carboxylic acids is 1. The van der Waals surface area contributed by atoms with E-state index < -0.39 is 25.3 Å². The summed E-state index contributed by atoms with van der Waals surface area (Å²) in [5.74, 6) is -1.42. The van der Waals surface area contributed by atoms with Gasteiger partial charge in [-0.05, 0) is 69.6 Å².